The van der Waals surface area contributed by atoms with Gasteiger partial charge in [-0.2, -0.15) is 18.4 Å². The van der Waals surface area contributed by atoms with E-state index >= 15 is 0 Å². The van der Waals surface area contributed by atoms with Gasteiger partial charge < -0.3 is 5.32 Å². The number of Topliss-reactive ketones (excluding diaryl/α,β-unsaturated/α-hetero) is 1. The molecule has 1 unspecified atom stereocenters. The van der Waals surface area contributed by atoms with E-state index in [0.29, 0.717) is 29.7 Å². The van der Waals surface area contributed by atoms with Crippen LogP contribution in [0.2, 0.25) is 0 Å². The number of carbonyl (C=O) groups excluding carboxylic acids is 1. The summed E-state index contributed by atoms with van der Waals surface area (Å²) in [6, 6.07) is 11.3. The van der Waals surface area contributed by atoms with Crippen molar-refractivity contribution in [3.05, 3.63) is 70.7 Å². The van der Waals surface area contributed by atoms with Crippen molar-refractivity contribution in [3.63, 3.8) is 0 Å². The van der Waals surface area contributed by atoms with Crippen molar-refractivity contribution in [2.45, 2.75) is 31.9 Å². The number of nitrogens with zero attached hydrogens (tertiary/aromatic N) is 2. The maximum Gasteiger partial charge on any atom is 0.433 e. The number of alkyl halides is 3. The number of pyridine rings is 1. The second kappa shape index (κ2) is 7.23. The zero-order chi connectivity index (χ0) is 19.6. The van der Waals surface area contributed by atoms with Crippen LogP contribution >= 0.6 is 0 Å². The minimum atomic E-state index is -4.53. The Morgan fingerprint density at radius 3 is 2.52 bits per heavy atom. The topological polar surface area (TPSA) is 65.8 Å². The Hall–Kier alpha value is -3.14. The molecule has 1 aliphatic carbocycles. The summed E-state index contributed by atoms with van der Waals surface area (Å²) in [6.45, 7) is 1.87. The first kappa shape index (κ1) is 18.6. The molecule has 1 N–H and O–H groups in total. The van der Waals surface area contributed by atoms with Gasteiger partial charge in [0.05, 0.1) is 11.6 Å². The summed E-state index contributed by atoms with van der Waals surface area (Å²) < 4.78 is 38.6. The number of hydrogen-bond donors (Lipinski definition) is 1. The van der Waals surface area contributed by atoms with Crippen LogP contribution in [0, 0.1) is 11.3 Å². The lowest BCUT2D eigenvalue weighted by Crippen LogP contribution is -2.11. The fraction of sp³-hybridized carbons (Fsp3) is 0.250. The van der Waals surface area contributed by atoms with Crippen molar-refractivity contribution in [2.75, 3.05) is 5.32 Å². The molecule has 1 atom stereocenters. The highest BCUT2D eigenvalue weighted by molar-refractivity contribution is 6.00. The highest BCUT2D eigenvalue weighted by atomic mass is 19.4. The molecule has 0 radical (unpaired) electrons. The van der Waals surface area contributed by atoms with Gasteiger partial charge in [0.1, 0.15) is 5.69 Å². The number of nitriles is 1. The summed E-state index contributed by atoms with van der Waals surface area (Å²) in [5.41, 5.74) is 1.82. The first-order chi connectivity index (χ1) is 12.8. The average molecular weight is 371 g/mol. The lowest BCUT2D eigenvalue weighted by atomic mass is 9.90. The minimum absolute atomic E-state index is 0.0283. The zero-order valence-electron chi connectivity index (χ0n) is 14.5. The van der Waals surface area contributed by atoms with E-state index in [9.17, 15) is 18.0 Å². The van der Waals surface area contributed by atoms with Gasteiger partial charge in [-0.05, 0) is 36.2 Å². The van der Waals surface area contributed by atoms with Crippen LogP contribution < -0.4 is 5.32 Å². The van der Waals surface area contributed by atoms with Crippen molar-refractivity contribution >= 4 is 11.5 Å². The van der Waals surface area contributed by atoms with E-state index in [0.717, 1.165) is 17.8 Å². The van der Waals surface area contributed by atoms with E-state index in [1.807, 2.05) is 13.0 Å². The molecule has 0 saturated carbocycles. The SMILES string of the molecule is CC(C1=C(Nc2ccnc(C(F)(F)F)c2)CCC1=O)c1ccc(C#N)cc1. The molecule has 138 valence electrons. The van der Waals surface area contributed by atoms with Gasteiger partial charge in [-0.3, -0.25) is 9.78 Å². The number of nitrogens with one attached hydrogen (secondary N) is 1. The van der Waals surface area contributed by atoms with Gasteiger partial charge in [0.15, 0.2) is 5.78 Å². The molecule has 4 nitrogen and oxygen atoms in total. The van der Waals surface area contributed by atoms with Crippen LogP contribution in [0.1, 0.15) is 42.5 Å². The van der Waals surface area contributed by atoms with Crippen molar-refractivity contribution in [1.29, 1.82) is 5.26 Å². The molecule has 1 aliphatic rings. The molecule has 0 amide bonds. The Kier molecular flexibility index (Phi) is 5.00. The van der Waals surface area contributed by atoms with Gasteiger partial charge in [0.2, 0.25) is 0 Å². The highest BCUT2D eigenvalue weighted by Gasteiger charge is 2.33. The third-order valence-electron chi connectivity index (χ3n) is 4.55. The smallest absolute Gasteiger partial charge is 0.358 e. The molecule has 0 fully saturated rings. The number of ketones is 1. The first-order valence-electron chi connectivity index (χ1n) is 8.36. The van der Waals surface area contributed by atoms with E-state index in [4.69, 9.17) is 5.26 Å². The largest absolute Gasteiger partial charge is 0.433 e. The van der Waals surface area contributed by atoms with E-state index in [1.54, 1.807) is 24.3 Å². The van der Waals surface area contributed by atoms with Crippen LogP contribution in [-0.4, -0.2) is 10.8 Å². The van der Waals surface area contributed by atoms with Crippen LogP contribution in [0.25, 0.3) is 0 Å². The monoisotopic (exact) mass is 371 g/mol. The molecule has 1 heterocycles. The van der Waals surface area contributed by atoms with Gasteiger partial charge >= 0.3 is 6.18 Å². The number of benzene rings is 1. The normalized spacial score (nSPS) is 15.6. The van der Waals surface area contributed by atoms with Crippen molar-refractivity contribution in [1.82, 2.24) is 4.98 Å². The Morgan fingerprint density at radius 2 is 1.89 bits per heavy atom. The number of aromatic nitrogens is 1. The number of allylic oxidation sites excluding steroid dienone is 2. The van der Waals surface area contributed by atoms with E-state index < -0.39 is 11.9 Å². The first-order valence-corrected chi connectivity index (χ1v) is 8.36. The number of halogens is 3. The van der Waals surface area contributed by atoms with Gasteiger partial charge in [0, 0.05) is 35.5 Å². The predicted octanol–water partition coefficient (Wildman–Crippen LogP) is 4.80. The Morgan fingerprint density at radius 1 is 1.19 bits per heavy atom. The quantitative estimate of drug-likeness (QED) is 0.838. The lowest BCUT2D eigenvalue weighted by Gasteiger charge is -2.17. The molecular weight excluding hydrogens is 355 g/mol. The molecule has 0 bridgehead atoms. The molecule has 7 heteroatoms. The molecule has 1 aromatic carbocycles. The molecule has 27 heavy (non-hydrogen) atoms. The molecule has 0 spiro atoms. The third kappa shape index (κ3) is 4.00. The predicted molar refractivity (Wildman–Crippen MR) is 93.7 cm³/mol. The van der Waals surface area contributed by atoms with E-state index in [2.05, 4.69) is 10.3 Å². The second-order valence-corrected chi connectivity index (χ2v) is 6.32. The van der Waals surface area contributed by atoms with Crippen molar-refractivity contribution < 1.29 is 18.0 Å². The minimum Gasteiger partial charge on any atom is -0.358 e. The van der Waals surface area contributed by atoms with Crippen LogP contribution in [0.3, 0.4) is 0 Å². The molecular formula is C20H16F3N3O. The average Bonchev–Trinajstić information content (AvgIpc) is 3.01. The molecule has 2 aromatic rings. The summed E-state index contributed by atoms with van der Waals surface area (Å²) >= 11 is 0. The fourth-order valence-corrected chi connectivity index (χ4v) is 3.16. The van der Waals surface area contributed by atoms with Gasteiger partial charge in [-0.1, -0.05) is 19.1 Å². The second-order valence-electron chi connectivity index (χ2n) is 6.32. The Labute approximate surface area is 154 Å². The van der Waals surface area contributed by atoms with Crippen LogP contribution in [-0.2, 0) is 11.0 Å². The Bertz CT molecular complexity index is 940. The maximum absolute atomic E-state index is 12.9. The Balaban J connectivity index is 1.91. The molecule has 1 aromatic heterocycles. The van der Waals surface area contributed by atoms with Crippen LogP contribution in [0.5, 0.6) is 0 Å². The molecule has 0 saturated heterocycles. The highest BCUT2D eigenvalue weighted by Crippen LogP contribution is 2.36. The number of carbonyl (C=O) groups is 1. The fourth-order valence-electron chi connectivity index (χ4n) is 3.16. The van der Waals surface area contributed by atoms with Gasteiger partial charge in [0.25, 0.3) is 0 Å². The lowest BCUT2D eigenvalue weighted by molar-refractivity contribution is -0.141. The summed E-state index contributed by atoms with van der Waals surface area (Å²) in [4.78, 5) is 15.7. The zero-order valence-corrected chi connectivity index (χ0v) is 14.5. The molecule has 0 aliphatic heterocycles. The van der Waals surface area contributed by atoms with Crippen molar-refractivity contribution in [2.24, 2.45) is 0 Å². The summed E-state index contributed by atoms with van der Waals surface area (Å²) in [5, 5.41) is 11.9. The van der Waals surface area contributed by atoms with Crippen LogP contribution in [0.4, 0.5) is 18.9 Å². The number of rotatable bonds is 4. The van der Waals surface area contributed by atoms with E-state index in [1.165, 1.54) is 6.07 Å². The molecule has 3 rings (SSSR count). The summed E-state index contributed by atoms with van der Waals surface area (Å²) in [6.07, 6.45) is -2.68. The standard InChI is InChI=1S/C20H16F3N3O/c1-12(14-4-2-13(11-24)3-5-14)19-16(6-7-17(19)27)26-15-8-9-25-18(10-15)20(21,22)23/h2-5,8-10,12H,6-7H2,1H3,(H,25,26). The van der Waals surface area contributed by atoms with Crippen molar-refractivity contribution in [3.8, 4) is 6.07 Å². The third-order valence-corrected chi connectivity index (χ3v) is 4.55. The maximum atomic E-state index is 12.9. The van der Waals surface area contributed by atoms with Crippen LogP contribution in [0.15, 0.2) is 53.9 Å². The summed E-state index contributed by atoms with van der Waals surface area (Å²) in [5.74, 6) is -0.265. The van der Waals surface area contributed by atoms with Gasteiger partial charge in [-0.25, -0.2) is 0 Å². The van der Waals surface area contributed by atoms with Gasteiger partial charge in [-0.15, -0.1) is 0 Å². The number of hydrogen-bond acceptors (Lipinski definition) is 4. The summed E-state index contributed by atoms with van der Waals surface area (Å²) in [7, 11) is 0. The van der Waals surface area contributed by atoms with E-state index in [-0.39, 0.29) is 17.4 Å². The number of anilines is 1.